The highest BCUT2D eigenvalue weighted by atomic mass is 79.9. The third-order valence-electron chi connectivity index (χ3n) is 3.16. The summed E-state index contributed by atoms with van der Waals surface area (Å²) in [6.07, 6.45) is 3.35. The molecule has 0 bridgehead atoms. The lowest BCUT2D eigenvalue weighted by Gasteiger charge is -2.37. The topological polar surface area (TPSA) is 0 Å². The van der Waals surface area contributed by atoms with Crippen molar-refractivity contribution in [1.29, 1.82) is 0 Å². The molecule has 1 aliphatic rings. The summed E-state index contributed by atoms with van der Waals surface area (Å²) >= 11 is 6.05. The van der Waals surface area contributed by atoms with Crippen LogP contribution in [-0.2, 0) is 0 Å². The van der Waals surface area contributed by atoms with E-state index < -0.39 is 10.7 Å². The van der Waals surface area contributed by atoms with Gasteiger partial charge in [-0.15, -0.1) is 0 Å². The van der Waals surface area contributed by atoms with Crippen LogP contribution in [-0.4, -0.2) is 9.16 Å². The van der Waals surface area contributed by atoms with E-state index in [1.165, 1.54) is 0 Å². The molecule has 0 saturated carbocycles. The molecule has 0 N–H and O–H groups in total. The van der Waals surface area contributed by atoms with E-state index in [1.54, 1.807) is 6.92 Å². The van der Waals surface area contributed by atoms with E-state index in [4.69, 9.17) is 0 Å². The van der Waals surface area contributed by atoms with E-state index >= 15 is 0 Å². The van der Waals surface area contributed by atoms with Crippen molar-refractivity contribution in [3.05, 3.63) is 11.6 Å². The van der Waals surface area contributed by atoms with Gasteiger partial charge in [-0.05, 0) is 55.5 Å². The molecular formula is C11H16Br2F2. The van der Waals surface area contributed by atoms with Crippen LogP contribution < -0.4 is 0 Å². The third-order valence-corrected chi connectivity index (χ3v) is 4.36. The van der Waals surface area contributed by atoms with Crippen LogP contribution in [0.15, 0.2) is 11.6 Å². The zero-order valence-corrected chi connectivity index (χ0v) is 12.3. The fraction of sp³-hybridized carbons (Fsp3) is 0.818. The van der Waals surface area contributed by atoms with Gasteiger partial charge in [0.25, 0.3) is 0 Å². The van der Waals surface area contributed by atoms with Crippen LogP contribution in [0, 0.1) is 11.8 Å². The van der Waals surface area contributed by atoms with Gasteiger partial charge in [0.1, 0.15) is 0 Å². The van der Waals surface area contributed by atoms with Crippen molar-refractivity contribution >= 4 is 31.9 Å². The van der Waals surface area contributed by atoms with Gasteiger partial charge >= 0.3 is 4.83 Å². The number of hydrogen-bond donors (Lipinski definition) is 0. The molecule has 0 radical (unpaired) electrons. The Bertz CT molecular complexity index is 261. The monoisotopic (exact) mass is 344 g/mol. The lowest BCUT2D eigenvalue weighted by molar-refractivity contribution is 0.0448. The number of hydrogen-bond acceptors (Lipinski definition) is 0. The Morgan fingerprint density at radius 3 is 2.27 bits per heavy atom. The van der Waals surface area contributed by atoms with Crippen LogP contribution in [0.4, 0.5) is 8.78 Å². The molecule has 0 nitrogen and oxygen atoms in total. The first-order chi connectivity index (χ1) is 6.62. The first kappa shape index (κ1) is 13.6. The number of alkyl halides is 4. The Balaban J connectivity index is 2.85. The summed E-state index contributed by atoms with van der Waals surface area (Å²) in [5.74, 6) is -0.414. The van der Waals surface area contributed by atoms with Crippen molar-refractivity contribution in [2.45, 2.75) is 42.8 Å². The van der Waals surface area contributed by atoms with Crippen molar-refractivity contribution in [2.24, 2.45) is 11.8 Å². The van der Waals surface area contributed by atoms with Gasteiger partial charge in [-0.25, -0.2) is 0 Å². The fourth-order valence-corrected chi connectivity index (χ4v) is 2.91. The largest absolute Gasteiger partial charge is 0.307 e. The summed E-state index contributed by atoms with van der Waals surface area (Å²) in [6, 6.07) is 0. The zero-order chi connectivity index (χ0) is 11.9. The molecule has 2 unspecified atom stereocenters. The molecule has 0 aromatic heterocycles. The molecule has 1 rings (SSSR count). The van der Waals surface area contributed by atoms with E-state index in [-0.39, 0.29) is 10.2 Å². The van der Waals surface area contributed by atoms with Gasteiger partial charge < -0.3 is 0 Å². The molecule has 0 aromatic carbocycles. The molecule has 0 aliphatic heterocycles. The Morgan fingerprint density at radius 2 is 1.87 bits per heavy atom. The second kappa shape index (κ2) is 4.44. The lowest BCUT2D eigenvalue weighted by Crippen LogP contribution is -2.34. The minimum Gasteiger partial charge on any atom is -0.193 e. The summed E-state index contributed by atoms with van der Waals surface area (Å²) in [4.78, 5) is -2.79. The average molecular weight is 346 g/mol. The Kier molecular flexibility index (Phi) is 4.03. The van der Waals surface area contributed by atoms with Crippen LogP contribution in [0.5, 0.6) is 0 Å². The van der Waals surface area contributed by atoms with E-state index in [9.17, 15) is 8.78 Å². The number of allylic oxidation sites excluding steroid dienone is 2. The minimum absolute atomic E-state index is 0.0826. The summed E-state index contributed by atoms with van der Waals surface area (Å²) in [5.41, 5.74) is 0.796. The Labute approximate surface area is 107 Å². The Hall–Kier alpha value is 0.560. The lowest BCUT2D eigenvalue weighted by atomic mass is 9.77. The Morgan fingerprint density at radius 1 is 1.33 bits per heavy atom. The predicted molar refractivity (Wildman–Crippen MR) is 66.9 cm³/mol. The number of halogens is 4. The van der Waals surface area contributed by atoms with Crippen molar-refractivity contribution in [3.8, 4) is 0 Å². The number of rotatable bonds is 2. The van der Waals surface area contributed by atoms with E-state index in [2.05, 4.69) is 31.9 Å². The highest BCUT2D eigenvalue weighted by Gasteiger charge is 2.43. The van der Waals surface area contributed by atoms with Gasteiger partial charge in [0.15, 0.2) is 0 Å². The summed E-state index contributed by atoms with van der Waals surface area (Å²) in [6.45, 7) is 5.86. The van der Waals surface area contributed by atoms with Gasteiger partial charge in [-0.2, -0.15) is 8.78 Å². The maximum Gasteiger partial charge on any atom is 0.307 e. The first-order valence-corrected chi connectivity index (χ1v) is 6.63. The second-order valence-corrected chi connectivity index (χ2v) is 7.88. The van der Waals surface area contributed by atoms with Gasteiger partial charge in [0, 0.05) is 4.32 Å². The van der Waals surface area contributed by atoms with Gasteiger partial charge in [0.05, 0.1) is 5.92 Å². The summed E-state index contributed by atoms with van der Waals surface area (Å²) in [5, 5.41) is 0. The average Bonchev–Trinajstić information content (AvgIpc) is 2.00. The smallest absolute Gasteiger partial charge is 0.193 e. The molecular weight excluding hydrogens is 330 g/mol. The van der Waals surface area contributed by atoms with Gasteiger partial charge in [-0.3, -0.25) is 0 Å². The summed E-state index contributed by atoms with van der Waals surface area (Å²) in [7, 11) is 0. The van der Waals surface area contributed by atoms with Crippen LogP contribution in [0.25, 0.3) is 0 Å². The maximum absolute atomic E-state index is 13.3. The second-order valence-electron chi connectivity index (χ2n) is 4.78. The molecule has 0 heterocycles. The minimum atomic E-state index is -2.79. The molecule has 0 spiro atoms. The third kappa shape index (κ3) is 3.52. The van der Waals surface area contributed by atoms with Crippen LogP contribution in [0.3, 0.4) is 0 Å². The van der Waals surface area contributed by atoms with Crippen molar-refractivity contribution in [1.82, 2.24) is 0 Å². The van der Waals surface area contributed by atoms with Crippen LogP contribution in [0.1, 0.15) is 33.6 Å². The summed E-state index contributed by atoms with van der Waals surface area (Å²) < 4.78 is 26.5. The van der Waals surface area contributed by atoms with Crippen LogP contribution >= 0.6 is 31.9 Å². The zero-order valence-electron chi connectivity index (χ0n) is 9.16. The van der Waals surface area contributed by atoms with Crippen molar-refractivity contribution in [3.63, 3.8) is 0 Å². The molecule has 2 atom stereocenters. The fourth-order valence-electron chi connectivity index (χ4n) is 1.99. The quantitative estimate of drug-likeness (QED) is 0.481. The highest BCUT2D eigenvalue weighted by molar-refractivity contribution is 9.10. The molecule has 4 heteroatoms. The molecule has 15 heavy (non-hydrogen) atoms. The maximum atomic E-state index is 13.3. The van der Waals surface area contributed by atoms with E-state index in [1.807, 2.05) is 19.9 Å². The molecule has 88 valence electrons. The molecule has 0 saturated heterocycles. The van der Waals surface area contributed by atoms with E-state index in [0.717, 1.165) is 12.0 Å². The SMILES string of the molecule is CC1=CCC(C(C)(C)Br)CC1C(F)(F)Br. The molecule has 0 amide bonds. The molecule has 0 aromatic rings. The van der Waals surface area contributed by atoms with Crippen molar-refractivity contribution in [2.75, 3.05) is 0 Å². The molecule has 1 aliphatic carbocycles. The van der Waals surface area contributed by atoms with Gasteiger partial charge in [0.2, 0.25) is 0 Å². The van der Waals surface area contributed by atoms with Crippen LogP contribution in [0.2, 0.25) is 0 Å². The molecule has 0 fully saturated rings. The van der Waals surface area contributed by atoms with Gasteiger partial charge in [-0.1, -0.05) is 27.6 Å². The highest BCUT2D eigenvalue weighted by Crippen LogP contribution is 2.47. The standard InChI is InChI=1S/C11H16Br2F2/c1-7-4-5-8(10(2,3)12)6-9(7)11(13,14)15/h4,8-9H,5-6H2,1-3H3. The van der Waals surface area contributed by atoms with Crippen molar-refractivity contribution < 1.29 is 8.78 Å². The first-order valence-electron chi connectivity index (χ1n) is 5.04. The normalized spacial score (nSPS) is 28.9. The predicted octanol–water partition coefficient (Wildman–Crippen LogP) is 5.12. The van der Waals surface area contributed by atoms with E-state index in [0.29, 0.717) is 6.42 Å².